The van der Waals surface area contributed by atoms with Gasteiger partial charge in [0.25, 0.3) is 0 Å². The van der Waals surface area contributed by atoms with E-state index in [1.807, 2.05) is 19.1 Å². The van der Waals surface area contributed by atoms with Crippen LogP contribution in [0, 0.1) is 12.8 Å². The molecule has 3 rings (SSSR count). The summed E-state index contributed by atoms with van der Waals surface area (Å²) in [5.41, 5.74) is 1.96. The Kier molecular flexibility index (Phi) is 5.85. The maximum atomic E-state index is 12.8. The number of carboxylic acids is 1. The summed E-state index contributed by atoms with van der Waals surface area (Å²) in [5, 5.41) is 14.4. The summed E-state index contributed by atoms with van der Waals surface area (Å²) >= 11 is 1.10. The van der Waals surface area contributed by atoms with E-state index >= 15 is 0 Å². The molecule has 0 bridgehead atoms. The van der Waals surface area contributed by atoms with Gasteiger partial charge in [-0.2, -0.15) is 0 Å². The molecule has 1 saturated carbocycles. The molecule has 2 aromatic rings. The van der Waals surface area contributed by atoms with E-state index in [9.17, 15) is 14.4 Å². The molecule has 1 aromatic carbocycles. The van der Waals surface area contributed by atoms with Crippen molar-refractivity contribution in [2.45, 2.75) is 39.0 Å². The molecule has 7 nitrogen and oxygen atoms in total. The summed E-state index contributed by atoms with van der Waals surface area (Å²) in [6.07, 6.45) is 5.20. The van der Waals surface area contributed by atoms with E-state index in [0.29, 0.717) is 21.3 Å². The number of benzene rings is 1. The molecule has 142 valence electrons. The van der Waals surface area contributed by atoms with Crippen molar-refractivity contribution < 1.29 is 19.5 Å². The number of aromatic nitrogens is 1. The SMILES string of the molecule is Cc1ccc(NC(=O)Nc2ncc(CC(=O)O)s2)c(C(=O)C2CCCC2)c1. The average Bonchev–Trinajstić information content (AvgIpc) is 3.27. The van der Waals surface area contributed by atoms with Gasteiger partial charge in [0.05, 0.1) is 12.1 Å². The van der Waals surface area contributed by atoms with Crippen molar-refractivity contribution in [1.82, 2.24) is 4.98 Å². The van der Waals surface area contributed by atoms with Crippen LogP contribution in [0.15, 0.2) is 24.4 Å². The van der Waals surface area contributed by atoms with Crippen LogP contribution in [-0.4, -0.2) is 27.9 Å². The number of carbonyl (C=O) groups is 3. The highest BCUT2D eigenvalue weighted by Gasteiger charge is 2.26. The van der Waals surface area contributed by atoms with Gasteiger partial charge in [0.1, 0.15) is 0 Å². The maximum Gasteiger partial charge on any atom is 0.325 e. The molecular formula is C19H21N3O4S. The lowest BCUT2D eigenvalue weighted by Gasteiger charge is -2.14. The van der Waals surface area contributed by atoms with E-state index in [0.717, 1.165) is 42.6 Å². The number of carboxylic acid groups (broad SMARTS) is 1. The molecule has 3 N–H and O–H groups in total. The van der Waals surface area contributed by atoms with Crippen LogP contribution in [0.25, 0.3) is 0 Å². The largest absolute Gasteiger partial charge is 0.481 e. The van der Waals surface area contributed by atoms with Crippen LogP contribution < -0.4 is 10.6 Å². The van der Waals surface area contributed by atoms with E-state index in [1.54, 1.807) is 6.07 Å². The van der Waals surface area contributed by atoms with Gasteiger partial charge in [-0.15, -0.1) is 11.3 Å². The molecule has 1 aromatic heterocycles. The number of anilines is 2. The highest BCUT2D eigenvalue weighted by atomic mass is 32.1. The Bertz CT molecular complexity index is 872. The third kappa shape index (κ3) is 4.91. The Morgan fingerprint density at radius 3 is 2.67 bits per heavy atom. The summed E-state index contributed by atoms with van der Waals surface area (Å²) in [5.74, 6) is -0.859. The number of hydrogen-bond acceptors (Lipinski definition) is 5. The third-order valence-corrected chi connectivity index (χ3v) is 5.43. The van der Waals surface area contributed by atoms with Gasteiger partial charge in [-0.05, 0) is 31.9 Å². The van der Waals surface area contributed by atoms with Crippen molar-refractivity contribution in [3.63, 3.8) is 0 Å². The minimum absolute atomic E-state index is 0.0213. The highest BCUT2D eigenvalue weighted by molar-refractivity contribution is 7.15. The molecule has 0 aliphatic heterocycles. The molecule has 1 heterocycles. The Balaban J connectivity index is 1.71. The number of Topliss-reactive ketones (excluding diaryl/α,β-unsaturated/α-hetero) is 1. The van der Waals surface area contributed by atoms with Crippen molar-refractivity contribution in [1.29, 1.82) is 0 Å². The lowest BCUT2D eigenvalue weighted by Crippen LogP contribution is -2.22. The second-order valence-electron chi connectivity index (χ2n) is 6.68. The van der Waals surface area contributed by atoms with Gasteiger partial charge in [-0.25, -0.2) is 9.78 Å². The minimum Gasteiger partial charge on any atom is -0.481 e. The van der Waals surface area contributed by atoms with Gasteiger partial charge in [-0.1, -0.05) is 24.5 Å². The number of thiazole rings is 1. The lowest BCUT2D eigenvalue weighted by molar-refractivity contribution is -0.136. The monoisotopic (exact) mass is 387 g/mol. The summed E-state index contributed by atoms with van der Waals surface area (Å²) in [6.45, 7) is 1.91. The molecule has 27 heavy (non-hydrogen) atoms. The Morgan fingerprint density at radius 2 is 1.96 bits per heavy atom. The predicted octanol–water partition coefficient (Wildman–Crippen LogP) is 4.10. The number of rotatable bonds is 6. The molecule has 2 amide bonds. The standard InChI is InChI=1S/C19H21N3O4S/c1-11-6-7-15(14(8-11)17(25)12-4-2-3-5-12)21-18(26)22-19-20-10-13(27-19)9-16(23)24/h6-8,10,12H,2-5,9H2,1H3,(H,23,24)(H2,20,21,22,26). The number of carbonyl (C=O) groups excluding carboxylic acids is 2. The first-order valence-corrected chi connectivity index (χ1v) is 9.63. The number of hydrogen-bond donors (Lipinski definition) is 3. The Hall–Kier alpha value is -2.74. The van der Waals surface area contributed by atoms with Gasteiger partial charge in [0.15, 0.2) is 10.9 Å². The summed E-state index contributed by atoms with van der Waals surface area (Å²) in [6, 6.07) is 4.87. The molecule has 1 aliphatic rings. The van der Waals surface area contributed by atoms with Crippen LogP contribution >= 0.6 is 11.3 Å². The van der Waals surface area contributed by atoms with Crippen LogP contribution in [0.1, 0.15) is 46.5 Å². The first-order valence-electron chi connectivity index (χ1n) is 8.82. The fourth-order valence-corrected chi connectivity index (χ4v) is 4.02. The van der Waals surface area contributed by atoms with Crippen LogP contribution in [0.5, 0.6) is 0 Å². The fraction of sp³-hybridized carbons (Fsp3) is 0.368. The van der Waals surface area contributed by atoms with Crippen molar-refractivity contribution in [2.24, 2.45) is 5.92 Å². The Labute approximate surface area is 160 Å². The molecule has 0 saturated heterocycles. The zero-order valence-corrected chi connectivity index (χ0v) is 15.8. The topological polar surface area (TPSA) is 108 Å². The van der Waals surface area contributed by atoms with Crippen LogP contribution in [-0.2, 0) is 11.2 Å². The van der Waals surface area contributed by atoms with E-state index in [2.05, 4.69) is 15.6 Å². The smallest absolute Gasteiger partial charge is 0.325 e. The third-order valence-electron chi connectivity index (χ3n) is 4.51. The average molecular weight is 387 g/mol. The van der Waals surface area contributed by atoms with E-state index in [4.69, 9.17) is 5.11 Å². The number of nitrogens with one attached hydrogen (secondary N) is 2. The number of amides is 2. The zero-order chi connectivity index (χ0) is 19.4. The molecule has 1 fully saturated rings. The van der Waals surface area contributed by atoms with Crippen molar-refractivity contribution in [2.75, 3.05) is 10.6 Å². The van der Waals surface area contributed by atoms with Crippen molar-refractivity contribution in [3.05, 3.63) is 40.4 Å². The number of aryl methyl sites for hydroxylation is 1. The van der Waals surface area contributed by atoms with Crippen LogP contribution in [0.3, 0.4) is 0 Å². The molecule has 0 unspecified atom stereocenters. The van der Waals surface area contributed by atoms with Gasteiger partial charge < -0.3 is 10.4 Å². The van der Waals surface area contributed by atoms with E-state index in [1.165, 1.54) is 6.20 Å². The first kappa shape index (κ1) is 19.0. The normalized spacial score (nSPS) is 14.1. The predicted molar refractivity (Wildman–Crippen MR) is 104 cm³/mol. The second kappa shape index (κ2) is 8.30. The number of nitrogens with zero attached hydrogens (tertiary/aromatic N) is 1. The summed E-state index contributed by atoms with van der Waals surface area (Å²) in [4.78, 5) is 40.4. The Morgan fingerprint density at radius 1 is 1.22 bits per heavy atom. The van der Waals surface area contributed by atoms with Crippen LogP contribution in [0.2, 0.25) is 0 Å². The van der Waals surface area contributed by atoms with Gasteiger partial charge in [0.2, 0.25) is 0 Å². The summed E-state index contributed by atoms with van der Waals surface area (Å²) < 4.78 is 0. The number of ketones is 1. The lowest BCUT2D eigenvalue weighted by atomic mass is 9.94. The molecule has 8 heteroatoms. The fourth-order valence-electron chi connectivity index (χ4n) is 3.23. The highest BCUT2D eigenvalue weighted by Crippen LogP contribution is 2.31. The molecule has 0 atom stereocenters. The van der Waals surface area contributed by atoms with Crippen molar-refractivity contribution >= 4 is 39.9 Å². The van der Waals surface area contributed by atoms with E-state index < -0.39 is 12.0 Å². The summed E-state index contributed by atoms with van der Waals surface area (Å²) in [7, 11) is 0. The molecule has 0 spiro atoms. The van der Waals surface area contributed by atoms with Gasteiger partial charge in [-0.3, -0.25) is 14.9 Å². The van der Waals surface area contributed by atoms with Gasteiger partial charge in [0, 0.05) is 22.6 Å². The number of aliphatic carboxylic acids is 1. The number of urea groups is 1. The zero-order valence-electron chi connectivity index (χ0n) is 14.9. The minimum atomic E-state index is -0.954. The molecule has 1 aliphatic carbocycles. The molecule has 0 radical (unpaired) electrons. The first-order chi connectivity index (χ1) is 12.9. The quantitative estimate of drug-likeness (QED) is 0.647. The maximum absolute atomic E-state index is 12.8. The van der Waals surface area contributed by atoms with Crippen molar-refractivity contribution in [3.8, 4) is 0 Å². The van der Waals surface area contributed by atoms with Gasteiger partial charge >= 0.3 is 12.0 Å². The molecular weight excluding hydrogens is 366 g/mol. The van der Waals surface area contributed by atoms with Crippen LogP contribution in [0.4, 0.5) is 15.6 Å². The second-order valence-corrected chi connectivity index (χ2v) is 7.79. The van der Waals surface area contributed by atoms with E-state index in [-0.39, 0.29) is 18.1 Å².